The Morgan fingerprint density at radius 2 is 1.38 bits per heavy atom. The zero-order valence-electron chi connectivity index (χ0n) is 24.8. The number of unbranched alkanes of at least 4 members (excludes halogenated alkanes) is 15. The van der Waals surface area contributed by atoms with Gasteiger partial charge >= 0.3 is 6.09 Å². The van der Waals surface area contributed by atoms with Crippen LogP contribution in [-0.2, 0) is 4.74 Å². The highest BCUT2D eigenvalue weighted by molar-refractivity contribution is 8.01. The highest BCUT2D eigenvalue weighted by atomic mass is 79.9. The number of fused-ring (bicyclic) bond motifs is 1. The number of ether oxygens (including phenoxy) is 2. The fraction of sp³-hybridized carbons (Fsp3) is 0.697. The largest absolute Gasteiger partial charge is 1.00 e. The lowest BCUT2D eigenvalue weighted by atomic mass is 10.0. The molecule has 5 nitrogen and oxygen atoms in total. The molecule has 0 saturated carbocycles. The highest BCUT2D eigenvalue weighted by Crippen LogP contribution is 2.37. The molecule has 1 aliphatic rings. The average Bonchev–Trinajstić information content (AvgIpc) is 2.93. The number of rotatable bonds is 22. The molecule has 7 heteroatoms. The van der Waals surface area contributed by atoms with Crippen molar-refractivity contribution in [3.63, 3.8) is 0 Å². The van der Waals surface area contributed by atoms with Gasteiger partial charge in [0.1, 0.15) is 19.0 Å². The van der Waals surface area contributed by atoms with E-state index in [4.69, 9.17) is 9.47 Å². The van der Waals surface area contributed by atoms with Crippen molar-refractivity contribution >= 4 is 28.8 Å². The summed E-state index contributed by atoms with van der Waals surface area (Å²) in [4.78, 5) is 15.2. The first-order valence-corrected chi connectivity index (χ1v) is 16.8. The monoisotopic (exact) mass is 636 g/mol. The standard InChI is InChI=1S/C33H52N2O3S.BrH/c1-2-3-4-5-6-7-8-9-10-11-12-13-14-15-16-19-23-35-33(36)38-27-29-25-28(39-29)26-37-32-22-24-34-31-21-18-17-20-30(31)32;/h17-18,20-22,24,28-29H,2-16,19,23,25-27H2,1H3,(H,35,36);1H. The molecule has 2 heterocycles. The summed E-state index contributed by atoms with van der Waals surface area (Å²) < 4.78 is 11.5. The summed E-state index contributed by atoms with van der Waals surface area (Å²) in [5.41, 5.74) is 1.08. The Morgan fingerprint density at radius 3 is 2.00 bits per heavy atom. The number of carbonyl (C=O) groups is 1. The molecule has 40 heavy (non-hydrogen) atoms. The van der Waals surface area contributed by atoms with Crippen LogP contribution in [0.15, 0.2) is 36.5 Å². The second-order valence-corrected chi connectivity index (χ2v) is 12.7. The normalized spacial score (nSPS) is 16.2. The fourth-order valence-corrected chi connectivity index (χ4v) is 6.45. The predicted molar refractivity (Wildman–Crippen MR) is 165 cm³/mol. The van der Waals surface area contributed by atoms with E-state index in [9.17, 15) is 4.79 Å². The minimum atomic E-state index is -0.275. The summed E-state index contributed by atoms with van der Waals surface area (Å²) in [5, 5.41) is 4.84. The van der Waals surface area contributed by atoms with Crippen LogP contribution in [0.3, 0.4) is 0 Å². The number of halogens is 1. The van der Waals surface area contributed by atoms with Gasteiger partial charge < -0.3 is 31.8 Å². The fourth-order valence-electron chi connectivity index (χ4n) is 5.28. The Bertz CT molecular complexity index is 920. The number of hydrogen-bond acceptors (Lipinski definition) is 4. The first-order valence-electron chi connectivity index (χ1n) is 15.8. The van der Waals surface area contributed by atoms with Crippen molar-refractivity contribution < 1.29 is 36.2 Å². The lowest BCUT2D eigenvalue weighted by Crippen LogP contribution is -3.00. The summed E-state index contributed by atoms with van der Waals surface area (Å²) in [6.07, 6.45) is 24.4. The molecule has 1 amide bonds. The Labute approximate surface area is 258 Å². The molecule has 1 fully saturated rings. The van der Waals surface area contributed by atoms with E-state index in [1.54, 1.807) is 0 Å². The molecule has 1 saturated heterocycles. The number of benzene rings is 1. The smallest absolute Gasteiger partial charge is 0.407 e. The van der Waals surface area contributed by atoms with Crippen molar-refractivity contribution in [2.75, 3.05) is 19.8 Å². The van der Waals surface area contributed by atoms with E-state index in [0.717, 1.165) is 29.5 Å². The summed E-state index contributed by atoms with van der Waals surface area (Å²) in [6.45, 7) is 4.16. The molecule has 1 aromatic carbocycles. The van der Waals surface area contributed by atoms with Crippen LogP contribution in [0.1, 0.15) is 116 Å². The third-order valence-electron chi connectivity index (χ3n) is 7.70. The minimum Gasteiger partial charge on any atom is -1.00 e. The topological polar surface area (TPSA) is 61.7 Å². The van der Waals surface area contributed by atoms with Gasteiger partial charge in [-0.05, 0) is 18.9 Å². The van der Waals surface area contributed by atoms with E-state index in [1.807, 2.05) is 36.2 Å². The van der Waals surface area contributed by atoms with Crippen LogP contribution < -0.4 is 32.0 Å². The number of amides is 1. The Kier molecular flexibility index (Phi) is 19.2. The van der Waals surface area contributed by atoms with Gasteiger partial charge in [-0.25, -0.2) is 9.78 Å². The van der Waals surface area contributed by atoms with Crippen molar-refractivity contribution in [1.29, 1.82) is 0 Å². The van der Waals surface area contributed by atoms with Gasteiger partial charge in [0.15, 0.2) is 6.20 Å². The molecule has 226 valence electrons. The molecule has 1 aliphatic heterocycles. The first kappa shape index (κ1) is 34.7. The number of pyridine rings is 1. The van der Waals surface area contributed by atoms with Crippen LogP contribution >= 0.6 is 11.8 Å². The van der Waals surface area contributed by atoms with Crippen LogP contribution in [0.25, 0.3) is 10.9 Å². The molecule has 2 atom stereocenters. The maximum absolute atomic E-state index is 12.0. The van der Waals surface area contributed by atoms with Crippen molar-refractivity contribution in [3.05, 3.63) is 36.5 Å². The Balaban J connectivity index is 0.00000560. The second-order valence-electron chi connectivity index (χ2n) is 11.1. The highest BCUT2D eigenvalue weighted by Gasteiger charge is 2.31. The number of aromatic nitrogens is 1. The summed E-state index contributed by atoms with van der Waals surface area (Å²) in [5.74, 6) is 0.915. The molecule has 0 spiro atoms. The number of H-pyrrole nitrogens is 1. The lowest BCUT2D eigenvalue weighted by molar-refractivity contribution is -0.344. The zero-order valence-corrected chi connectivity index (χ0v) is 27.2. The summed E-state index contributed by atoms with van der Waals surface area (Å²) in [6, 6.07) is 10.2. The maximum Gasteiger partial charge on any atom is 0.407 e. The van der Waals surface area contributed by atoms with Crippen molar-refractivity contribution in [2.24, 2.45) is 0 Å². The number of hydrogen-bond donors (Lipinski definition) is 1. The van der Waals surface area contributed by atoms with Gasteiger partial charge in [0.25, 0.3) is 0 Å². The molecule has 2 N–H and O–H groups in total. The minimum absolute atomic E-state index is 0. The zero-order chi connectivity index (χ0) is 27.4. The molecule has 0 aliphatic carbocycles. The summed E-state index contributed by atoms with van der Waals surface area (Å²) >= 11 is 1.85. The van der Waals surface area contributed by atoms with Crippen LogP contribution in [0, 0.1) is 0 Å². The molecular weight excluding hydrogens is 584 g/mol. The van der Waals surface area contributed by atoms with Crippen molar-refractivity contribution in [1.82, 2.24) is 5.32 Å². The molecule has 3 rings (SSSR count). The third kappa shape index (κ3) is 14.4. The van der Waals surface area contributed by atoms with Crippen LogP contribution in [0.4, 0.5) is 4.79 Å². The van der Waals surface area contributed by atoms with Crippen LogP contribution in [-0.4, -0.2) is 36.4 Å². The van der Waals surface area contributed by atoms with Crippen molar-refractivity contribution in [3.8, 4) is 5.75 Å². The van der Waals surface area contributed by atoms with E-state index in [0.29, 0.717) is 30.3 Å². The summed E-state index contributed by atoms with van der Waals surface area (Å²) in [7, 11) is 0. The Hall–Kier alpha value is -1.47. The van der Waals surface area contributed by atoms with Gasteiger partial charge in [-0.3, -0.25) is 0 Å². The molecule has 2 aromatic rings. The van der Waals surface area contributed by atoms with E-state index in [2.05, 4.69) is 29.4 Å². The molecule has 0 radical (unpaired) electrons. The third-order valence-corrected chi connectivity index (χ3v) is 9.13. The number of para-hydroxylation sites is 1. The number of carbonyl (C=O) groups excluding carboxylic acids is 1. The van der Waals surface area contributed by atoms with Crippen molar-refractivity contribution in [2.45, 2.75) is 127 Å². The predicted octanol–water partition coefficient (Wildman–Crippen LogP) is 5.90. The van der Waals surface area contributed by atoms with Gasteiger partial charge in [0.2, 0.25) is 5.52 Å². The number of aromatic amines is 1. The van der Waals surface area contributed by atoms with E-state index in [-0.39, 0.29) is 23.1 Å². The molecule has 0 bridgehead atoms. The molecular formula is C33H53BrN2O3S. The van der Waals surface area contributed by atoms with E-state index in [1.165, 1.54) is 96.3 Å². The van der Waals surface area contributed by atoms with Gasteiger partial charge in [-0.15, -0.1) is 11.8 Å². The van der Waals surface area contributed by atoms with Gasteiger partial charge in [-0.2, -0.15) is 0 Å². The van der Waals surface area contributed by atoms with Crippen LogP contribution in [0.2, 0.25) is 0 Å². The lowest BCUT2D eigenvalue weighted by Gasteiger charge is -2.33. The van der Waals surface area contributed by atoms with Gasteiger partial charge in [-0.1, -0.05) is 115 Å². The number of thioether (sulfide) groups is 1. The van der Waals surface area contributed by atoms with E-state index < -0.39 is 0 Å². The maximum atomic E-state index is 12.0. The molecule has 2 unspecified atom stereocenters. The molecule has 1 aromatic heterocycles. The first-order chi connectivity index (χ1) is 19.3. The second kappa shape index (κ2) is 22.2. The average molecular weight is 638 g/mol. The SMILES string of the molecule is CCCCCCCCCCCCCCCCCCNC(=O)OCC1CC(COc2cc[nH+]c3ccccc23)S1.[Br-]. The number of nitrogens with one attached hydrogen (secondary N) is 2. The van der Waals surface area contributed by atoms with Gasteiger partial charge in [0.05, 0.1) is 5.39 Å². The number of alkyl carbamates (subject to hydrolysis) is 1. The quantitative estimate of drug-likeness (QED) is 0.164. The van der Waals surface area contributed by atoms with Crippen LogP contribution in [0.5, 0.6) is 5.75 Å². The van der Waals surface area contributed by atoms with E-state index >= 15 is 0 Å². The Morgan fingerprint density at radius 1 is 0.825 bits per heavy atom. The van der Waals surface area contributed by atoms with Gasteiger partial charge in [0, 0.05) is 29.2 Å².